The molecule has 2 aromatic carbocycles. The quantitative estimate of drug-likeness (QED) is 0.299. The molecule has 0 saturated heterocycles. The highest BCUT2D eigenvalue weighted by Crippen LogP contribution is 2.19. The number of nitrogens with zero attached hydrogens (tertiary/aromatic N) is 1. The van der Waals surface area contributed by atoms with Crippen molar-refractivity contribution in [2.24, 2.45) is 5.92 Å². The summed E-state index contributed by atoms with van der Waals surface area (Å²) in [6.45, 7) is 11.4. The molecule has 0 aromatic heterocycles. The minimum Gasteiger partial charge on any atom is -0.460 e. The van der Waals surface area contributed by atoms with Gasteiger partial charge in [0.05, 0.1) is 6.54 Å². The molecule has 0 fully saturated rings. The van der Waals surface area contributed by atoms with Crippen molar-refractivity contribution in [1.29, 1.82) is 0 Å². The summed E-state index contributed by atoms with van der Waals surface area (Å²) in [7, 11) is 0. The Bertz CT molecular complexity index is 811. The summed E-state index contributed by atoms with van der Waals surface area (Å²) < 4.78 is 10.5. The van der Waals surface area contributed by atoms with Crippen LogP contribution in [0, 0.1) is 5.92 Å². The van der Waals surface area contributed by atoms with Crippen molar-refractivity contribution in [3.8, 4) is 0 Å². The second kappa shape index (κ2) is 13.3. The van der Waals surface area contributed by atoms with E-state index < -0.39 is 12.1 Å². The summed E-state index contributed by atoms with van der Waals surface area (Å²) >= 11 is 0. The van der Waals surface area contributed by atoms with Crippen LogP contribution in [0.25, 0.3) is 0 Å². The van der Waals surface area contributed by atoms with Crippen molar-refractivity contribution in [1.82, 2.24) is 10.2 Å². The van der Waals surface area contributed by atoms with Crippen molar-refractivity contribution in [2.75, 3.05) is 19.8 Å². The molecule has 2 aromatic rings. The van der Waals surface area contributed by atoms with Gasteiger partial charge in [0.2, 0.25) is 0 Å². The topological polar surface area (TPSA) is 67.9 Å². The Kier molecular flexibility index (Phi) is 10.5. The number of amides is 1. The highest BCUT2D eigenvalue weighted by molar-refractivity contribution is 5.86. The molecule has 0 bridgehead atoms. The summed E-state index contributed by atoms with van der Waals surface area (Å²) in [5.41, 5.74) is 2.74. The number of alkyl carbamates (subject to hydrolysis) is 1. The molecule has 0 aliphatic carbocycles. The zero-order valence-corrected chi connectivity index (χ0v) is 19.3. The van der Waals surface area contributed by atoms with Crippen LogP contribution < -0.4 is 5.32 Å². The van der Waals surface area contributed by atoms with Crippen LogP contribution in [-0.2, 0) is 27.4 Å². The van der Waals surface area contributed by atoms with E-state index >= 15 is 0 Å². The van der Waals surface area contributed by atoms with Crippen LogP contribution >= 0.6 is 0 Å². The average molecular weight is 439 g/mol. The molecule has 6 nitrogen and oxygen atoms in total. The molecule has 172 valence electrons. The number of hydrogen-bond acceptors (Lipinski definition) is 5. The predicted octanol–water partition coefficient (Wildman–Crippen LogP) is 4.56. The molecule has 0 heterocycles. The van der Waals surface area contributed by atoms with Crippen LogP contribution in [0.4, 0.5) is 4.79 Å². The fourth-order valence-electron chi connectivity index (χ4n) is 3.28. The molecule has 0 radical (unpaired) electrons. The Morgan fingerprint density at radius 3 is 1.94 bits per heavy atom. The molecule has 1 atom stereocenters. The summed E-state index contributed by atoms with van der Waals surface area (Å²) in [5.74, 6) is -0.204. The lowest BCUT2D eigenvalue weighted by Crippen LogP contribution is -2.43. The Hall–Kier alpha value is -3.12. The van der Waals surface area contributed by atoms with Crippen molar-refractivity contribution >= 4 is 12.1 Å². The zero-order valence-electron chi connectivity index (χ0n) is 19.3. The van der Waals surface area contributed by atoms with Crippen molar-refractivity contribution in [3.63, 3.8) is 0 Å². The van der Waals surface area contributed by atoms with E-state index in [1.54, 1.807) is 6.92 Å². The third-order valence-corrected chi connectivity index (χ3v) is 5.03. The Morgan fingerprint density at radius 1 is 0.938 bits per heavy atom. The number of esters is 1. The number of hydrogen-bond donors (Lipinski definition) is 1. The Balaban J connectivity index is 1.97. The van der Waals surface area contributed by atoms with Gasteiger partial charge in [-0.2, -0.15) is 0 Å². The molecular formula is C26H34N2O4. The van der Waals surface area contributed by atoms with Gasteiger partial charge in [0.15, 0.2) is 0 Å². The van der Waals surface area contributed by atoms with Crippen LogP contribution in [-0.4, -0.2) is 42.8 Å². The maximum atomic E-state index is 12.2. The average Bonchev–Trinajstić information content (AvgIpc) is 2.77. The van der Waals surface area contributed by atoms with Crippen LogP contribution in [0.1, 0.15) is 31.9 Å². The summed E-state index contributed by atoms with van der Waals surface area (Å²) in [4.78, 5) is 25.9. The second-order valence-corrected chi connectivity index (χ2v) is 8.13. The van der Waals surface area contributed by atoms with E-state index in [-0.39, 0.29) is 31.7 Å². The number of nitrogens with one attached hydrogen (secondary N) is 1. The fraction of sp³-hybridized carbons (Fsp3) is 0.385. The highest BCUT2D eigenvalue weighted by atomic mass is 16.6. The molecule has 1 N–H and O–H groups in total. The molecule has 0 saturated carbocycles. The zero-order chi connectivity index (χ0) is 23.3. The molecule has 0 spiro atoms. The molecule has 2 rings (SSSR count). The lowest BCUT2D eigenvalue weighted by Gasteiger charge is -2.34. The summed E-state index contributed by atoms with van der Waals surface area (Å²) in [5, 5.41) is 2.62. The highest BCUT2D eigenvalue weighted by Gasteiger charge is 2.24. The van der Waals surface area contributed by atoms with E-state index in [1.165, 1.54) is 11.1 Å². The van der Waals surface area contributed by atoms with Crippen LogP contribution in [0.2, 0.25) is 0 Å². The number of benzene rings is 2. The number of ether oxygens (including phenoxy) is 2. The first-order chi connectivity index (χ1) is 15.4. The van der Waals surface area contributed by atoms with Gasteiger partial charge in [0.1, 0.15) is 13.2 Å². The minimum atomic E-state index is -0.526. The van der Waals surface area contributed by atoms with Gasteiger partial charge in [-0.25, -0.2) is 9.59 Å². The van der Waals surface area contributed by atoms with Gasteiger partial charge >= 0.3 is 12.1 Å². The van der Waals surface area contributed by atoms with Gasteiger partial charge < -0.3 is 14.8 Å². The Labute approximate surface area is 191 Å². The maximum Gasteiger partial charge on any atom is 0.407 e. The summed E-state index contributed by atoms with van der Waals surface area (Å²) in [6.07, 6.45) is -0.526. The van der Waals surface area contributed by atoms with E-state index in [9.17, 15) is 9.59 Å². The van der Waals surface area contributed by atoms with Gasteiger partial charge in [0, 0.05) is 24.7 Å². The number of carbonyl (C=O) groups excluding carboxylic acids is 2. The largest absolute Gasteiger partial charge is 0.460 e. The Morgan fingerprint density at radius 2 is 1.47 bits per heavy atom. The van der Waals surface area contributed by atoms with E-state index in [0.29, 0.717) is 5.57 Å². The minimum absolute atomic E-state index is 0.0300. The predicted molar refractivity (Wildman–Crippen MR) is 126 cm³/mol. The third-order valence-electron chi connectivity index (χ3n) is 5.03. The van der Waals surface area contributed by atoms with E-state index in [0.717, 1.165) is 13.1 Å². The molecule has 32 heavy (non-hydrogen) atoms. The van der Waals surface area contributed by atoms with Crippen molar-refractivity contribution in [2.45, 2.75) is 39.9 Å². The molecule has 1 amide bonds. The number of carbonyl (C=O) groups is 2. The maximum absolute atomic E-state index is 12.2. The first-order valence-corrected chi connectivity index (χ1v) is 10.9. The fourth-order valence-corrected chi connectivity index (χ4v) is 3.28. The van der Waals surface area contributed by atoms with Crippen molar-refractivity contribution < 1.29 is 19.1 Å². The van der Waals surface area contributed by atoms with Gasteiger partial charge in [-0.1, -0.05) is 81.1 Å². The van der Waals surface area contributed by atoms with Crippen LogP contribution in [0.5, 0.6) is 0 Å². The SMILES string of the molecule is C=C(C)C(=O)OCCNC(=O)OC[C@H](C(C)C)N(Cc1ccccc1)Cc1ccccc1. The summed E-state index contributed by atoms with van der Waals surface area (Å²) in [6, 6.07) is 20.6. The normalized spacial score (nSPS) is 11.8. The lowest BCUT2D eigenvalue weighted by molar-refractivity contribution is -0.138. The van der Waals surface area contributed by atoms with Gasteiger partial charge in [-0.05, 0) is 24.0 Å². The van der Waals surface area contributed by atoms with Crippen molar-refractivity contribution in [3.05, 3.63) is 83.9 Å². The molecule has 0 aliphatic heterocycles. The van der Waals surface area contributed by atoms with E-state index in [1.807, 2.05) is 36.4 Å². The van der Waals surface area contributed by atoms with Gasteiger partial charge in [-0.3, -0.25) is 4.90 Å². The monoisotopic (exact) mass is 438 g/mol. The second-order valence-electron chi connectivity index (χ2n) is 8.13. The molecule has 0 aliphatic rings. The van der Waals surface area contributed by atoms with Gasteiger partial charge in [-0.15, -0.1) is 0 Å². The molecular weight excluding hydrogens is 404 g/mol. The third kappa shape index (κ3) is 8.94. The molecule has 6 heteroatoms. The first-order valence-electron chi connectivity index (χ1n) is 10.9. The van der Waals surface area contributed by atoms with E-state index in [4.69, 9.17) is 9.47 Å². The van der Waals surface area contributed by atoms with Crippen LogP contribution in [0.15, 0.2) is 72.8 Å². The lowest BCUT2D eigenvalue weighted by atomic mass is 10.0. The van der Waals surface area contributed by atoms with E-state index in [2.05, 4.69) is 54.9 Å². The standard InChI is InChI=1S/C26H34N2O4/c1-20(2)24(19-32-26(30)27-15-16-31-25(29)21(3)4)28(17-22-11-7-5-8-12-22)18-23-13-9-6-10-14-23/h5-14,20,24H,3,15-19H2,1-2,4H3,(H,27,30)/t24-/m1/s1. The van der Waals surface area contributed by atoms with Gasteiger partial charge in [0.25, 0.3) is 0 Å². The number of rotatable bonds is 12. The first kappa shape index (κ1) is 25.1. The smallest absolute Gasteiger partial charge is 0.407 e. The molecule has 0 unspecified atom stereocenters. The van der Waals surface area contributed by atoms with Crippen LogP contribution in [0.3, 0.4) is 0 Å².